The number of pyridine rings is 1. The lowest BCUT2D eigenvalue weighted by Gasteiger charge is -2.09. The Bertz CT molecular complexity index is 1080. The molecule has 24 heavy (non-hydrogen) atoms. The summed E-state index contributed by atoms with van der Waals surface area (Å²) >= 11 is 0. The smallest absolute Gasteiger partial charge is 0.276 e. The van der Waals surface area contributed by atoms with Crippen molar-refractivity contribution in [3.05, 3.63) is 79.9 Å². The fourth-order valence-corrected chi connectivity index (χ4v) is 2.41. The second-order valence-corrected chi connectivity index (χ2v) is 5.04. The Morgan fingerprint density at radius 2 is 2.08 bits per heavy atom. The number of nitrogens with one attached hydrogen (secondary N) is 1. The van der Waals surface area contributed by atoms with Crippen molar-refractivity contribution < 1.29 is 4.92 Å². The van der Waals surface area contributed by atoms with Crippen molar-refractivity contribution in [2.45, 2.75) is 6.54 Å². The number of aromatic nitrogens is 3. The zero-order chi connectivity index (χ0) is 17.3. The standard InChI is InChI=1S/C16H12N4O4/c1-2-8-19-16(22)12-6-7-13(21)17-15(12)14(18-19)10-4-3-5-11(9-10)20(23)24/h2-7,9H,1,8H2,(H,17,21). The van der Waals surface area contributed by atoms with Gasteiger partial charge in [-0.05, 0) is 6.07 Å². The Morgan fingerprint density at radius 3 is 2.79 bits per heavy atom. The lowest BCUT2D eigenvalue weighted by Crippen LogP contribution is -2.24. The summed E-state index contributed by atoms with van der Waals surface area (Å²) in [6, 6.07) is 8.51. The van der Waals surface area contributed by atoms with Gasteiger partial charge in [0.1, 0.15) is 5.69 Å². The van der Waals surface area contributed by atoms with Crippen LogP contribution in [0.3, 0.4) is 0 Å². The highest BCUT2D eigenvalue weighted by Gasteiger charge is 2.15. The summed E-state index contributed by atoms with van der Waals surface area (Å²) in [6.07, 6.45) is 1.52. The van der Waals surface area contributed by atoms with Gasteiger partial charge in [-0.1, -0.05) is 18.2 Å². The molecule has 0 fully saturated rings. The van der Waals surface area contributed by atoms with Crippen LogP contribution >= 0.6 is 0 Å². The molecule has 0 aliphatic carbocycles. The number of rotatable bonds is 4. The third-order valence-electron chi connectivity index (χ3n) is 3.47. The largest absolute Gasteiger partial charge is 0.320 e. The van der Waals surface area contributed by atoms with Gasteiger partial charge in [-0.15, -0.1) is 6.58 Å². The third kappa shape index (κ3) is 2.60. The summed E-state index contributed by atoms with van der Waals surface area (Å²) < 4.78 is 1.20. The van der Waals surface area contributed by atoms with Crippen LogP contribution in [0, 0.1) is 10.1 Å². The minimum atomic E-state index is -0.520. The van der Waals surface area contributed by atoms with Crippen LogP contribution in [0.4, 0.5) is 5.69 Å². The Kier molecular flexibility index (Phi) is 3.78. The molecular weight excluding hydrogens is 312 g/mol. The average Bonchev–Trinajstić information content (AvgIpc) is 2.57. The van der Waals surface area contributed by atoms with Crippen LogP contribution in [-0.4, -0.2) is 19.7 Å². The van der Waals surface area contributed by atoms with E-state index in [2.05, 4.69) is 16.7 Å². The second-order valence-electron chi connectivity index (χ2n) is 5.04. The van der Waals surface area contributed by atoms with Crippen molar-refractivity contribution in [2.75, 3.05) is 0 Å². The fourth-order valence-electron chi connectivity index (χ4n) is 2.41. The first-order valence-corrected chi connectivity index (χ1v) is 7.01. The summed E-state index contributed by atoms with van der Waals surface area (Å²) in [6.45, 7) is 3.76. The fraction of sp³-hybridized carbons (Fsp3) is 0.0625. The number of allylic oxidation sites excluding steroid dienone is 1. The van der Waals surface area contributed by atoms with Gasteiger partial charge in [-0.25, -0.2) is 4.68 Å². The van der Waals surface area contributed by atoms with Crippen molar-refractivity contribution in [2.24, 2.45) is 0 Å². The van der Waals surface area contributed by atoms with Gasteiger partial charge < -0.3 is 4.98 Å². The molecule has 120 valence electrons. The number of fused-ring (bicyclic) bond motifs is 1. The zero-order valence-corrected chi connectivity index (χ0v) is 12.4. The second kappa shape index (κ2) is 5.92. The van der Waals surface area contributed by atoms with Crippen molar-refractivity contribution in [3.8, 4) is 11.3 Å². The molecule has 0 aliphatic rings. The monoisotopic (exact) mass is 324 g/mol. The molecule has 0 unspecified atom stereocenters. The van der Waals surface area contributed by atoms with Crippen molar-refractivity contribution in [3.63, 3.8) is 0 Å². The topological polar surface area (TPSA) is 111 Å². The highest BCUT2D eigenvalue weighted by molar-refractivity contribution is 5.90. The lowest BCUT2D eigenvalue weighted by molar-refractivity contribution is -0.384. The summed E-state index contributed by atoms with van der Waals surface area (Å²) in [4.78, 5) is 37.1. The van der Waals surface area contributed by atoms with Gasteiger partial charge in [0.15, 0.2) is 0 Å². The van der Waals surface area contributed by atoms with Gasteiger partial charge in [-0.2, -0.15) is 5.10 Å². The van der Waals surface area contributed by atoms with Gasteiger partial charge in [0.05, 0.1) is 22.4 Å². The molecule has 3 rings (SSSR count). The van der Waals surface area contributed by atoms with E-state index in [0.29, 0.717) is 5.56 Å². The maximum atomic E-state index is 12.4. The van der Waals surface area contributed by atoms with Gasteiger partial charge in [0.2, 0.25) is 5.56 Å². The Hall–Kier alpha value is -3.55. The van der Waals surface area contributed by atoms with Gasteiger partial charge in [-0.3, -0.25) is 19.7 Å². The summed E-state index contributed by atoms with van der Waals surface area (Å²) in [5, 5.41) is 15.5. The summed E-state index contributed by atoms with van der Waals surface area (Å²) in [5.74, 6) is 0. The molecular formula is C16H12N4O4. The van der Waals surface area contributed by atoms with Crippen molar-refractivity contribution in [1.82, 2.24) is 14.8 Å². The number of aromatic amines is 1. The van der Waals surface area contributed by atoms with Gasteiger partial charge >= 0.3 is 0 Å². The predicted molar refractivity (Wildman–Crippen MR) is 88.9 cm³/mol. The lowest BCUT2D eigenvalue weighted by atomic mass is 10.1. The molecule has 0 bridgehead atoms. The number of benzene rings is 1. The van der Waals surface area contributed by atoms with Crippen molar-refractivity contribution >= 4 is 16.6 Å². The number of nitro groups is 1. The van der Waals surface area contributed by atoms with Crippen molar-refractivity contribution in [1.29, 1.82) is 0 Å². The van der Waals surface area contributed by atoms with E-state index in [1.54, 1.807) is 6.07 Å². The van der Waals surface area contributed by atoms with E-state index in [9.17, 15) is 19.7 Å². The highest BCUT2D eigenvalue weighted by atomic mass is 16.6. The minimum absolute atomic E-state index is 0.109. The summed E-state index contributed by atoms with van der Waals surface area (Å²) in [7, 11) is 0. The molecule has 0 amide bonds. The molecule has 0 saturated heterocycles. The molecule has 0 spiro atoms. The Labute approximate surface area is 134 Å². The first-order chi connectivity index (χ1) is 11.5. The van der Waals surface area contributed by atoms with Crippen LogP contribution in [0.2, 0.25) is 0 Å². The SMILES string of the molecule is C=CCn1nc(-c2cccc([N+](=O)[O-])c2)c2[nH]c(=O)ccc2c1=O. The number of H-pyrrole nitrogens is 1. The molecule has 2 aromatic heterocycles. The quantitative estimate of drug-likeness (QED) is 0.447. The molecule has 3 aromatic rings. The van der Waals surface area contributed by atoms with E-state index in [0.717, 1.165) is 0 Å². The molecule has 1 N–H and O–H groups in total. The normalized spacial score (nSPS) is 10.7. The molecule has 8 heteroatoms. The number of nitro benzene ring substituents is 1. The van der Waals surface area contributed by atoms with E-state index in [1.807, 2.05) is 0 Å². The molecule has 8 nitrogen and oxygen atoms in total. The maximum absolute atomic E-state index is 12.4. The first-order valence-electron chi connectivity index (χ1n) is 7.01. The molecule has 2 heterocycles. The molecule has 0 saturated carbocycles. The third-order valence-corrected chi connectivity index (χ3v) is 3.47. The molecule has 0 aliphatic heterocycles. The number of nitrogens with zero attached hydrogens (tertiary/aromatic N) is 3. The van der Waals surface area contributed by atoms with E-state index >= 15 is 0 Å². The Morgan fingerprint density at radius 1 is 1.29 bits per heavy atom. The van der Waals surface area contributed by atoms with Crippen LogP contribution in [-0.2, 0) is 6.54 Å². The highest BCUT2D eigenvalue weighted by Crippen LogP contribution is 2.25. The van der Waals surface area contributed by atoms with E-state index in [-0.39, 0.29) is 34.4 Å². The van der Waals surface area contributed by atoms with Crippen LogP contribution in [0.5, 0.6) is 0 Å². The zero-order valence-electron chi connectivity index (χ0n) is 12.4. The molecule has 1 aromatic carbocycles. The van der Waals surface area contributed by atoms with E-state index < -0.39 is 10.5 Å². The number of non-ortho nitro benzene ring substituents is 1. The van der Waals surface area contributed by atoms with Gasteiger partial charge in [0.25, 0.3) is 11.2 Å². The maximum Gasteiger partial charge on any atom is 0.276 e. The minimum Gasteiger partial charge on any atom is -0.320 e. The average molecular weight is 324 g/mol. The van der Waals surface area contributed by atoms with Crippen LogP contribution in [0.1, 0.15) is 0 Å². The Balaban J connectivity index is 2.40. The van der Waals surface area contributed by atoms with E-state index in [1.165, 1.54) is 41.1 Å². The summed E-state index contributed by atoms with van der Waals surface area (Å²) in [5.41, 5.74) is 0.0735. The molecule has 0 atom stereocenters. The predicted octanol–water partition coefficient (Wildman–Crippen LogP) is 1.85. The van der Waals surface area contributed by atoms with Crippen LogP contribution < -0.4 is 11.1 Å². The number of hydrogen-bond acceptors (Lipinski definition) is 5. The van der Waals surface area contributed by atoms with Crippen LogP contribution in [0.15, 0.2) is 58.6 Å². The number of hydrogen-bond donors (Lipinski definition) is 1. The van der Waals surface area contributed by atoms with Crippen LogP contribution in [0.25, 0.3) is 22.2 Å². The molecule has 0 radical (unpaired) electrons. The van der Waals surface area contributed by atoms with E-state index in [4.69, 9.17) is 0 Å². The van der Waals surface area contributed by atoms with Gasteiger partial charge in [0, 0.05) is 23.8 Å². The first kappa shape index (κ1) is 15.3.